The molecule has 0 aliphatic carbocycles. The van der Waals surface area contributed by atoms with Crippen molar-refractivity contribution in [2.75, 3.05) is 23.7 Å². The van der Waals surface area contributed by atoms with Gasteiger partial charge >= 0.3 is 0 Å². The van der Waals surface area contributed by atoms with Crippen LogP contribution in [-0.2, 0) is 0 Å². The highest BCUT2D eigenvalue weighted by atomic mass is 35.5. The van der Waals surface area contributed by atoms with E-state index < -0.39 is 6.10 Å². The number of nitrogens with one attached hydrogen (secondary N) is 1. The van der Waals surface area contributed by atoms with E-state index in [1.165, 1.54) is 11.8 Å². The van der Waals surface area contributed by atoms with Crippen molar-refractivity contribution in [3.63, 3.8) is 0 Å². The summed E-state index contributed by atoms with van der Waals surface area (Å²) in [6, 6.07) is 5.25. The molecule has 1 aromatic carbocycles. The number of halogens is 2. The zero-order valence-electron chi connectivity index (χ0n) is 13.2. The van der Waals surface area contributed by atoms with Crippen LogP contribution in [0, 0.1) is 0 Å². The molecule has 10 heteroatoms. The van der Waals surface area contributed by atoms with Gasteiger partial charge in [-0.2, -0.15) is 0 Å². The van der Waals surface area contributed by atoms with Crippen molar-refractivity contribution in [2.24, 2.45) is 5.84 Å². The van der Waals surface area contributed by atoms with Crippen LogP contribution in [0.1, 0.15) is 6.42 Å². The fourth-order valence-electron chi connectivity index (χ4n) is 2.61. The Bertz CT molecular complexity index is 765. The first kappa shape index (κ1) is 18.5. The molecule has 1 aliphatic heterocycles. The van der Waals surface area contributed by atoms with Crippen LogP contribution >= 0.6 is 35.0 Å². The number of aliphatic hydroxyl groups excluding tert-OH is 1. The van der Waals surface area contributed by atoms with Crippen LogP contribution in [0.2, 0.25) is 10.0 Å². The number of hydrazine groups is 1. The fraction of sp³-hybridized carbons (Fsp3) is 0.333. The molecule has 1 fully saturated rings. The Balaban J connectivity index is 1.76. The molecule has 0 spiro atoms. The second-order valence-electron chi connectivity index (χ2n) is 5.65. The number of nitrogens with zero attached hydrogens (tertiary/aromatic N) is 3. The summed E-state index contributed by atoms with van der Waals surface area (Å²) in [7, 11) is 0. The summed E-state index contributed by atoms with van der Waals surface area (Å²) in [5.74, 6) is 6.34. The van der Waals surface area contributed by atoms with Gasteiger partial charge in [0.05, 0.1) is 28.4 Å². The number of rotatable bonds is 4. The van der Waals surface area contributed by atoms with Crippen molar-refractivity contribution in [3.8, 4) is 0 Å². The standard InChI is InChI=1S/C15H18Cl2N6OS/c16-8-2-1-3-11(13(8)17)25-15-14(18)21-12(6-20-15)23-5-4-9(22-19)10(24)7-23/h1-3,6,9-10,22,24H,4-5,7,19H2,(H2,18,21). The largest absolute Gasteiger partial charge is 0.390 e. The molecule has 3 rings (SSSR count). The Labute approximate surface area is 159 Å². The van der Waals surface area contributed by atoms with Crippen LogP contribution in [0.3, 0.4) is 0 Å². The lowest BCUT2D eigenvalue weighted by Gasteiger charge is -2.36. The molecule has 0 amide bonds. The Hall–Kier alpha value is -1.29. The van der Waals surface area contributed by atoms with E-state index in [2.05, 4.69) is 15.4 Å². The SMILES string of the molecule is NNC1CCN(c2cnc(Sc3cccc(Cl)c3Cl)c(N)n2)CC1O. The topological polar surface area (TPSA) is 113 Å². The Kier molecular flexibility index (Phi) is 5.88. The molecule has 1 saturated heterocycles. The summed E-state index contributed by atoms with van der Waals surface area (Å²) in [5, 5.41) is 11.6. The number of piperidine rings is 1. The van der Waals surface area contributed by atoms with Crippen molar-refractivity contribution in [1.82, 2.24) is 15.4 Å². The molecular formula is C15H18Cl2N6OS. The number of anilines is 2. The van der Waals surface area contributed by atoms with Gasteiger partial charge in [0.2, 0.25) is 0 Å². The van der Waals surface area contributed by atoms with E-state index in [4.69, 9.17) is 34.8 Å². The summed E-state index contributed by atoms with van der Waals surface area (Å²) in [4.78, 5) is 11.5. The van der Waals surface area contributed by atoms with Gasteiger partial charge in [-0.25, -0.2) is 9.97 Å². The van der Waals surface area contributed by atoms with Crippen molar-refractivity contribution >= 4 is 46.6 Å². The predicted octanol–water partition coefficient (Wildman–Crippen LogP) is 1.92. The van der Waals surface area contributed by atoms with Gasteiger partial charge in [0.25, 0.3) is 0 Å². The van der Waals surface area contributed by atoms with Crippen LogP contribution < -0.4 is 21.9 Å². The van der Waals surface area contributed by atoms with E-state index in [-0.39, 0.29) is 6.04 Å². The van der Waals surface area contributed by atoms with Crippen molar-refractivity contribution in [3.05, 3.63) is 34.4 Å². The average molecular weight is 401 g/mol. The minimum atomic E-state index is -0.582. The molecule has 0 radical (unpaired) electrons. The number of nitrogens with two attached hydrogens (primary N) is 2. The minimum Gasteiger partial charge on any atom is -0.390 e. The maximum absolute atomic E-state index is 10.1. The van der Waals surface area contributed by atoms with Crippen LogP contribution in [-0.4, -0.2) is 40.3 Å². The number of hydrogen-bond acceptors (Lipinski definition) is 8. The second kappa shape index (κ2) is 7.94. The van der Waals surface area contributed by atoms with E-state index in [1.807, 2.05) is 17.0 Å². The second-order valence-corrected chi connectivity index (χ2v) is 7.46. The monoisotopic (exact) mass is 400 g/mol. The van der Waals surface area contributed by atoms with Crippen LogP contribution in [0.15, 0.2) is 34.3 Å². The van der Waals surface area contributed by atoms with E-state index in [0.29, 0.717) is 46.2 Å². The molecule has 25 heavy (non-hydrogen) atoms. The van der Waals surface area contributed by atoms with E-state index >= 15 is 0 Å². The molecule has 1 aliphatic rings. The molecule has 1 aromatic heterocycles. The maximum atomic E-state index is 10.1. The van der Waals surface area contributed by atoms with Gasteiger partial charge in [-0.05, 0) is 18.6 Å². The lowest BCUT2D eigenvalue weighted by molar-refractivity contribution is 0.114. The van der Waals surface area contributed by atoms with Gasteiger partial charge in [0.1, 0.15) is 10.8 Å². The molecule has 2 unspecified atom stereocenters. The highest BCUT2D eigenvalue weighted by Crippen LogP contribution is 2.38. The molecule has 2 aromatic rings. The first-order valence-electron chi connectivity index (χ1n) is 7.63. The summed E-state index contributed by atoms with van der Waals surface area (Å²) in [5.41, 5.74) is 8.68. The summed E-state index contributed by atoms with van der Waals surface area (Å²) in [6.07, 6.45) is 1.76. The lowest BCUT2D eigenvalue weighted by atomic mass is 10.0. The minimum absolute atomic E-state index is 0.124. The first-order chi connectivity index (χ1) is 12.0. The molecule has 134 valence electrons. The number of benzene rings is 1. The number of aliphatic hydroxyl groups is 1. The van der Waals surface area contributed by atoms with Gasteiger partial charge in [-0.3, -0.25) is 11.3 Å². The van der Waals surface area contributed by atoms with Gasteiger partial charge in [0, 0.05) is 18.0 Å². The zero-order valence-corrected chi connectivity index (χ0v) is 15.5. The van der Waals surface area contributed by atoms with Crippen molar-refractivity contribution < 1.29 is 5.11 Å². The molecule has 0 bridgehead atoms. The highest BCUT2D eigenvalue weighted by Gasteiger charge is 2.28. The molecule has 2 heterocycles. The molecule has 7 nitrogen and oxygen atoms in total. The third kappa shape index (κ3) is 4.11. The van der Waals surface area contributed by atoms with E-state index in [9.17, 15) is 5.11 Å². The fourth-order valence-corrected chi connectivity index (χ4v) is 3.90. The van der Waals surface area contributed by atoms with Gasteiger partial charge < -0.3 is 15.7 Å². The van der Waals surface area contributed by atoms with Gasteiger partial charge in [-0.1, -0.05) is 41.0 Å². The molecular weight excluding hydrogens is 383 g/mol. The van der Waals surface area contributed by atoms with Crippen molar-refractivity contribution in [2.45, 2.75) is 28.5 Å². The van der Waals surface area contributed by atoms with E-state index in [0.717, 1.165) is 4.90 Å². The molecule has 6 N–H and O–H groups in total. The number of β-amino-alcohol motifs (C(OH)–C–C–N with tert-alkyl or cyclic N) is 1. The third-order valence-electron chi connectivity index (χ3n) is 3.99. The quantitative estimate of drug-likeness (QED) is 0.454. The van der Waals surface area contributed by atoms with Crippen LogP contribution in [0.5, 0.6) is 0 Å². The number of hydrogen-bond donors (Lipinski definition) is 4. The average Bonchev–Trinajstić information content (AvgIpc) is 2.60. The van der Waals surface area contributed by atoms with Crippen molar-refractivity contribution in [1.29, 1.82) is 0 Å². The predicted molar refractivity (Wildman–Crippen MR) is 101 cm³/mol. The van der Waals surface area contributed by atoms with Gasteiger partial charge in [-0.15, -0.1) is 0 Å². The Morgan fingerprint density at radius 2 is 2.16 bits per heavy atom. The summed E-state index contributed by atoms with van der Waals surface area (Å²) < 4.78 is 0. The normalized spacial score (nSPS) is 20.7. The third-order valence-corrected chi connectivity index (χ3v) is 5.99. The highest BCUT2D eigenvalue weighted by molar-refractivity contribution is 7.99. The number of aromatic nitrogens is 2. The van der Waals surface area contributed by atoms with Crippen LogP contribution in [0.4, 0.5) is 11.6 Å². The lowest BCUT2D eigenvalue weighted by Crippen LogP contribution is -2.54. The smallest absolute Gasteiger partial charge is 0.158 e. The summed E-state index contributed by atoms with van der Waals surface area (Å²) in [6.45, 7) is 1.11. The Morgan fingerprint density at radius 3 is 2.84 bits per heavy atom. The molecule has 2 atom stereocenters. The maximum Gasteiger partial charge on any atom is 0.158 e. The molecule has 0 saturated carbocycles. The van der Waals surface area contributed by atoms with E-state index in [1.54, 1.807) is 12.3 Å². The Morgan fingerprint density at radius 1 is 1.36 bits per heavy atom. The van der Waals surface area contributed by atoms with Gasteiger partial charge in [0.15, 0.2) is 5.82 Å². The number of nitrogen functional groups attached to an aromatic ring is 1. The van der Waals surface area contributed by atoms with Crippen LogP contribution in [0.25, 0.3) is 0 Å². The first-order valence-corrected chi connectivity index (χ1v) is 9.20. The summed E-state index contributed by atoms with van der Waals surface area (Å²) >= 11 is 13.5. The zero-order chi connectivity index (χ0) is 18.0.